The van der Waals surface area contributed by atoms with Crippen LogP contribution in [0.5, 0.6) is 0 Å². The smallest absolute Gasteiger partial charge is 0.251 e. The molecule has 0 spiro atoms. The van der Waals surface area contributed by atoms with E-state index in [2.05, 4.69) is 0 Å². The van der Waals surface area contributed by atoms with Crippen LogP contribution < -0.4 is 0 Å². The van der Waals surface area contributed by atoms with Crippen molar-refractivity contribution >= 4 is 15.7 Å². The van der Waals surface area contributed by atoms with Crippen LogP contribution in [0.15, 0.2) is 0 Å². The highest BCUT2D eigenvalue weighted by atomic mass is 32.2. The Morgan fingerprint density at radius 2 is 2.06 bits per heavy atom. The molecule has 2 fully saturated rings. The van der Waals surface area contributed by atoms with E-state index in [-0.39, 0.29) is 29.6 Å². The quantitative estimate of drug-likeness (QED) is 0.712. The van der Waals surface area contributed by atoms with Gasteiger partial charge in [0.05, 0.1) is 11.5 Å². The lowest BCUT2D eigenvalue weighted by Gasteiger charge is -2.30. The van der Waals surface area contributed by atoms with Crippen molar-refractivity contribution in [3.63, 3.8) is 0 Å². The van der Waals surface area contributed by atoms with Crippen molar-refractivity contribution in [3.8, 4) is 0 Å². The van der Waals surface area contributed by atoms with Crippen LogP contribution >= 0.6 is 0 Å². The minimum atomic E-state index is -2.94. The highest BCUT2D eigenvalue weighted by Gasteiger charge is 2.35. The summed E-state index contributed by atoms with van der Waals surface area (Å²) in [7, 11) is -1.25. The van der Waals surface area contributed by atoms with Crippen LogP contribution in [-0.4, -0.2) is 56.5 Å². The number of sulfone groups is 1. The Morgan fingerprint density at radius 3 is 2.59 bits per heavy atom. The molecule has 0 bridgehead atoms. The van der Waals surface area contributed by atoms with Crippen molar-refractivity contribution in [2.24, 2.45) is 0 Å². The largest absolute Gasteiger partial charge is 0.368 e. The normalized spacial score (nSPS) is 32.3. The molecule has 17 heavy (non-hydrogen) atoms. The molecular formula is C11H19NO4S. The van der Waals surface area contributed by atoms with Gasteiger partial charge in [0.1, 0.15) is 6.10 Å². The Bertz CT molecular complexity index is 386. The Kier molecular flexibility index (Phi) is 3.73. The molecule has 2 rings (SSSR count). The number of amides is 1. The van der Waals surface area contributed by atoms with E-state index >= 15 is 0 Å². The fourth-order valence-electron chi connectivity index (χ4n) is 2.42. The number of likely N-dealkylation sites (N-methyl/N-ethyl adjacent to an activating group) is 1. The Balaban J connectivity index is 1.95. The third-order valence-electron chi connectivity index (χ3n) is 3.56. The molecule has 2 heterocycles. The fraction of sp³-hybridized carbons (Fsp3) is 0.909. The number of carbonyl (C=O) groups excluding carboxylic acids is 1. The van der Waals surface area contributed by atoms with Crippen LogP contribution in [0.1, 0.15) is 25.7 Å². The van der Waals surface area contributed by atoms with Crippen LogP contribution in [0.3, 0.4) is 0 Å². The third-order valence-corrected chi connectivity index (χ3v) is 5.31. The average molecular weight is 261 g/mol. The van der Waals surface area contributed by atoms with Crippen LogP contribution in [0.4, 0.5) is 0 Å². The molecule has 0 aromatic carbocycles. The summed E-state index contributed by atoms with van der Waals surface area (Å²) in [6, 6.07) is -0.168. The van der Waals surface area contributed by atoms with Crippen molar-refractivity contribution in [2.75, 3.05) is 25.2 Å². The van der Waals surface area contributed by atoms with Crippen molar-refractivity contribution in [2.45, 2.75) is 37.8 Å². The van der Waals surface area contributed by atoms with E-state index in [1.165, 1.54) is 0 Å². The van der Waals surface area contributed by atoms with Gasteiger partial charge in [-0.05, 0) is 25.7 Å². The zero-order chi connectivity index (χ0) is 12.5. The number of hydrogen-bond donors (Lipinski definition) is 0. The molecule has 0 radical (unpaired) electrons. The second kappa shape index (κ2) is 4.94. The predicted molar refractivity (Wildman–Crippen MR) is 63.4 cm³/mol. The van der Waals surface area contributed by atoms with Gasteiger partial charge < -0.3 is 9.64 Å². The van der Waals surface area contributed by atoms with E-state index in [1.54, 1.807) is 11.9 Å². The van der Waals surface area contributed by atoms with Crippen molar-refractivity contribution in [3.05, 3.63) is 0 Å². The van der Waals surface area contributed by atoms with E-state index in [4.69, 9.17) is 4.74 Å². The number of hydrogen-bond acceptors (Lipinski definition) is 4. The summed E-state index contributed by atoms with van der Waals surface area (Å²) in [5.41, 5.74) is 0. The SMILES string of the molecule is CN(C(=O)C1CCCCO1)C1CCS(=O)(=O)C1. The summed E-state index contributed by atoms with van der Waals surface area (Å²) < 4.78 is 28.2. The van der Waals surface area contributed by atoms with Gasteiger partial charge >= 0.3 is 0 Å². The van der Waals surface area contributed by atoms with E-state index in [1.807, 2.05) is 0 Å². The lowest BCUT2D eigenvalue weighted by Crippen LogP contribution is -2.45. The van der Waals surface area contributed by atoms with Crippen LogP contribution in [0.2, 0.25) is 0 Å². The molecule has 2 atom stereocenters. The van der Waals surface area contributed by atoms with Crippen molar-refractivity contribution in [1.82, 2.24) is 4.90 Å². The molecule has 98 valence electrons. The summed E-state index contributed by atoms with van der Waals surface area (Å²) in [5.74, 6) is 0.231. The number of rotatable bonds is 2. The van der Waals surface area contributed by atoms with Gasteiger partial charge in [-0.15, -0.1) is 0 Å². The van der Waals surface area contributed by atoms with Gasteiger partial charge in [0, 0.05) is 19.7 Å². The fourth-order valence-corrected chi connectivity index (χ4v) is 4.20. The average Bonchev–Trinajstić information content (AvgIpc) is 2.69. The molecule has 0 N–H and O–H groups in total. The summed E-state index contributed by atoms with van der Waals surface area (Å²) in [6.07, 6.45) is 2.95. The maximum absolute atomic E-state index is 12.1. The molecule has 0 aromatic heterocycles. The Hall–Kier alpha value is -0.620. The highest BCUT2D eigenvalue weighted by Crippen LogP contribution is 2.20. The predicted octanol–water partition coefficient (Wildman–Crippen LogP) is 0.201. The van der Waals surface area contributed by atoms with E-state index in [9.17, 15) is 13.2 Å². The first-order valence-electron chi connectivity index (χ1n) is 6.08. The molecule has 2 aliphatic heterocycles. The molecule has 2 aliphatic rings. The zero-order valence-corrected chi connectivity index (χ0v) is 10.9. The minimum Gasteiger partial charge on any atom is -0.368 e. The minimum absolute atomic E-state index is 0.0631. The molecule has 0 saturated carbocycles. The topological polar surface area (TPSA) is 63.7 Å². The number of nitrogens with zero attached hydrogens (tertiary/aromatic N) is 1. The Morgan fingerprint density at radius 1 is 1.29 bits per heavy atom. The molecule has 5 nitrogen and oxygen atoms in total. The lowest BCUT2D eigenvalue weighted by molar-refractivity contribution is -0.146. The first-order valence-corrected chi connectivity index (χ1v) is 7.90. The number of ether oxygens (including phenoxy) is 1. The molecule has 2 unspecified atom stereocenters. The van der Waals surface area contributed by atoms with Crippen LogP contribution in [-0.2, 0) is 19.4 Å². The molecule has 1 amide bonds. The standard InChI is InChI=1S/C11H19NO4S/c1-12(9-5-7-17(14,15)8-9)11(13)10-4-2-3-6-16-10/h9-10H,2-8H2,1H3. The van der Waals surface area contributed by atoms with Gasteiger partial charge in [-0.3, -0.25) is 4.79 Å². The summed E-state index contributed by atoms with van der Waals surface area (Å²) in [5, 5.41) is 0. The highest BCUT2D eigenvalue weighted by molar-refractivity contribution is 7.91. The molecule has 6 heteroatoms. The second-order valence-corrected chi connectivity index (χ2v) is 7.09. The molecule has 0 aromatic rings. The first kappa shape index (κ1) is 12.8. The molecular weight excluding hydrogens is 242 g/mol. The van der Waals surface area contributed by atoms with Gasteiger partial charge in [0.15, 0.2) is 9.84 Å². The van der Waals surface area contributed by atoms with Crippen molar-refractivity contribution in [1.29, 1.82) is 0 Å². The second-order valence-electron chi connectivity index (χ2n) is 4.86. The molecule has 2 saturated heterocycles. The maximum Gasteiger partial charge on any atom is 0.251 e. The monoisotopic (exact) mass is 261 g/mol. The van der Waals surface area contributed by atoms with E-state index < -0.39 is 9.84 Å². The third kappa shape index (κ3) is 2.98. The summed E-state index contributed by atoms with van der Waals surface area (Å²) in [4.78, 5) is 13.7. The van der Waals surface area contributed by atoms with E-state index in [0.717, 1.165) is 19.3 Å². The number of carbonyl (C=O) groups is 1. The summed E-state index contributed by atoms with van der Waals surface area (Å²) in [6.45, 7) is 0.632. The van der Waals surface area contributed by atoms with E-state index in [0.29, 0.717) is 13.0 Å². The van der Waals surface area contributed by atoms with Crippen LogP contribution in [0.25, 0.3) is 0 Å². The van der Waals surface area contributed by atoms with Gasteiger partial charge in [0.25, 0.3) is 5.91 Å². The van der Waals surface area contributed by atoms with Crippen molar-refractivity contribution < 1.29 is 17.9 Å². The lowest BCUT2D eigenvalue weighted by atomic mass is 10.1. The van der Waals surface area contributed by atoms with Gasteiger partial charge in [0.2, 0.25) is 0 Å². The van der Waals surface area contributed by atoms with Crippen LogP contribution in [0, 0.1) is 0 Å². The summed E-state index contributed by atoms with van der Waals surface area (Å²) >= 11 is 0. The van der Waals surface area contributed by atoms with Gasteiger partial charge in [-0.25, -0.2) is 8.42 Å². The van der Waals surface area contributed by atoms with Gasteiger partial charge in [-0.2, -0.15) is 0 Å². The first-order chi connectivity index (χ1) is 7.99. The molecule has 0 aliphatic carbocycles. The zero-order valence-electron chi connectivity index (χ0n) is 10.1. The Labute approximate surface area is 102 Å². The maximum atomic E-state index is 12.1. The van der Waals surface area contributed by atoms with Gasteiger partial charge in [-0.1, -0.05) is 0 Å².